The van der Waals surface area contributed by atoms with Crippen LogP contribution in [-0.4, -0.2) is 19.3 Å². The van der Waals surface area contributed by atoms with Gasteiger partial charge in [-0.05, 0) is 36.8 Å². The number of carbonyl (C=O) groups is 1. The molecule has 6 nitrogen and oxygen atoms in total. The number of pyridine rings is 1. The number of hydrogen-bond donors (Lipinski definition) is 2. The highest BCUT2D eigenvalue weighted by Gasteiger charge is 2.08. The van der Waals surface area contributed by atoms with E-state index >= 15 is 0 Å². The lowest BCUT2D eigenvalue weighted by molar-refractivity contribution is 0.0950. The van der Waals surface area contributed by atoms with Gasteiger partial charge in [0.2, 0.25) is 10.0 Å². The van der Waals surface area contributed by atoms with E-state index in [0.717, 1.165) is 11.3 Å². The van der Waals surface area contributed by atoms with Gasteiger partial charge in [0.25, 0.3) is 5.91 Å². The zero-order valence-electron chi connectivity index (χ0n) is 11.4. The highest BCUT2D eigenvalue weighted by molar-refractivity contribution is 7.89. The summed E-state index contributed by atoms with van der Waals surface area (Å²) in [4.78, 5) is 16.0. The van der Waals surface area contributed by atoms with Crippen LogP contribution < -0.4 is 10.5 Å². The normalized spacial score (nSPS) is 11.1. The average molecular weight is 305 g/mol. The predicted octanol–water partition coefficient (Wildman–Crippen LogP) is 0.967. The Morgan fingerprint density at radius 2 is 1.86 bits per heavy atom. The molecule has 3 N–H and O–H groups in total. The standard InChI is InChI=1S/C14H15N3O3S/c1-10-2-5-12(9-16-10)14(18)17-8-11-3-6-13(7-4-11)21(15,19)20/h2-7,9H,8H2,1H3,(H,17,18)(H2,15,19,20). The Labute approximate surface area is 123 Å². The first-order chi connectivity index (χ1) is 9.86. The van der Waals surface area contributed by atoms with E-state index in [9.17, 15) is 13.2 Å². The number of aromatic nitrogens is 1. The number of rotatable bonds is 4. The average Bonchev–Trinajstić information content (AvgIpc) is 2.45. The summed E-state index contributed by atoms with van der Waals surface area (Å²) < 4.78 is 22.2. The van der Waals surface area contributed by atoms with Crippen LogP contribution in [-0.2, 0) is 16.6 Å². The van der Waals surface area contributed by atoms with E-state index in [4.69, 9.17) is 5.14 Å². The monoisotopic (exact) mass is 305 g/mol. The molecule has 7 heteroatoms. The van der Waals surface area contributed by atoms with Crippen molar-refractivity contribution in [2.75, 3.05) is 0 Å². The van der Waals surface area contributed by atoms with Crippen molar-refractivity contribution < 1.29 is 13.2 Å². The van der Waals surface area contributed by atoms with E-state index in [1.165, 1.54) is 18.3 Å². The minimum atomic E-state index is -3.69. The maximum absolute atomic E-state index is 11.9. The Kier molecular flexibility index (Phi) is 4.35. The summed E-state index contributed by atoms with van der Waals surface area (Å²) in [5, 5.41) is 7.75. The lowest BCUT2D eigenvalue weighted by atomic mass is 10.2. The summed E-state index contributed by atoms with van der Waals surface area (Å²) >= 11 is 0. The van der Waals surface area contributed by atoms with Gasteiger partial charge >= 0.3 is 0 Å². The molecule has 110 valence electrons. The largest absolute Gasteiger partial charge is 0.348 e. The molecule has 0 radical (unpaired) electrons. The molecular weight excluding hydrogens is 290 g/mol. The Morgan fingerprint density at radius 1 is 1.19 bits per heavy atom. The van der Waals surface area contributed by atoms with Gasteiger partial charge in [0, 0.05) is 18.4 Å². The third-order valence-electron chi connectivity index (χ3n) is 2.88. The number of amides is 1. The van der Waals surface area contributed by atoms with Crippen LogP contribution in [0.3, 0.4) is 0 Å². The van der Waals surface area contributed by atoms with Gasteiger partial charge in [0.05, 0.1) is 10.5 Å². The lowest BCUT2D eigenvalue weighted by Gasteiger charge is -2.06. The van der Waals surface area contributed by atoms with Gasteiger partial charge < -0.3 is 5.32 Å². The van der Waals surface area contributed by atoms with Crippen LogP contribution in [0.15, 0.2) is 47.5 Å². The van der Waals surface area contributed by atoms with Crippen LogP contribution in [0, 0.1) is 6.92 Å². The van der Waals surface area contributed by atoms with Crippen LogP contribution in [0.4, 0.5) is 0 Å². The number of nitrogens with one attached hydrogen (secondary N) is 1. The Balaban J connectivity index is 2.00. The molecular formula is C14H15N3O3S. The van der Waals surface area contributed by atoms with E-state index < -0.39 is 10.0 Å². The number of carbonyl (C=O) groups excluding carboxylic acids is 1. The molecule has 0 unspecified atom stereocenters. The van der Waals surface area contributed by atoms with Crippen molar-refractivity contribution in [1.29, 1.82) is 0 Å². The van der Waals surface area contributed by atoms with Crippen LogP contribution in [0.1, 0.15) is 21.6 Å². The van der Waals surface area contributed by atoms with E-state index in [-0.39, 0.29) is 17.3 Å². The second-order valence-electron chi connectivity index (χ2n) is 4.56. The smallest absolute Gasteiger partial charge is 0.253 e. The summed E-state index contributed by atoms with van der Waals surface area (Å²) in [5.41, 5.74) is 2.09. The fraction of sp³-hybridized carbons (Fsp3) is 0.143. The number of sulfonamides is 1. The number of primary sulfonamides is 1. The molecule has 1 heterocycles. The van der Waals surface area contributed by atoms with Gasteiger partial charge in [-0.2, -0.15) is 0 Å². The van der Waals surface area contributed by atoms with E-state index in [2.05, 4.69) is 10.3 Å². The van der Waals surface area contributed by atoms with Gasteiger partial charge in [-0.3, -0.25) is 9.78 Å². The molecule has 0 fully saturated rings. The summed E-state index contributed by atoms with van der Waals surface area (Å²) in [6, 6.07) is 9.48. The SMILES string of the molecule is Cc1ccc(C(=O)NCc2ccc(S(N)(=O)=O)cc2)cn1. The maximum atomic E-state index is 11.9. The summed E-state index contributed by atoms with van der Waals surface area (Å²) in [6.45, 7) is 2.13. The number of aryl methyl sites for hydroxylation is 1. The van der Waals surface area contributed by atoms with Crippen molar-refractivity contribution in [3.8, 4) is 0 Å². The lowest BCUT2D eigenvalue weighted by Crippen LogP contribution is -2.23. The van der Waals surface area contributed by atoms with Gasteiger partial charge in [-0.15, -0.1) is 0 Å². The van der Waals surface area contributed by atoms with E-state index in [1.54, 1.807) is 24.3 Å². The number of benzene rings is 1. The van der Waals surface area contributed by atoms with Gasteiger partial charge in [0.15, 0.2) is 0 Å². The fourth-order valence-electron chi connectivity index (χ4n) is 1.68. The van der Waals surface area contributed by atoms with Crippen molar-refractivity contribution >= 4 is 15.9 Å². The highest BCUT2D eigenvalue weighted by atomic mass is 32.2. The van der Waals surface area contributed by atoms with Crippen molar-refractivity contribution in [3.05, 3.63) is 59.4 Å². The Hall–Kier alpha value is -2.25. The van der Waals surface area contributed by atoms with Crippen molar-refractivity contribution in [1.82, 2.24) is 10.3 Å². The first-order valence-electron chi connectivity index (χ1n) is 6.19. The molecule has 0 saturated heterocycles. The fourth-order valence-corrected chi connectivity index (χ4v) is 2.20. The van der Waals surface area contributed by atoms with Crippen molar-refractivity contribution in [3.63, 3.8) is 0 Å². The molecule has 1 amide bonds. The molecule has 2 aromatic rings. The molecule has 0 bridgehead atoms. The third kappa shape index (κ3) is 4.11. The van der Waals surface area contributed by atoms with Crippen LogP contribution in [0.5, 0.6) is 0 Å². The van der Waals surface area contributed by atoms with Crippen LogP contribution in [0.2, 0.25) is 0 Å². The molecule has 1 aromatic carbocycles. The van der Waals surface area contributed by atoms with Crippen molar-refractivity contribution in [2.24, 2.45) is 5.14 Å². The molecule has 0 atom stereocenters. The molecule has 0 aliphatic rings. The molecule has 1 aromatic heterocycles. The minimum absolute atomic E-state index is 0.0420. The van der Waals surface area contributed by atoms with E-state index in [0.29, 0.717) is 5.56 Å². The summed E-state index contributed by atoms with van der Waals surface area (Å²) in [5.74, 6) is -0.238. The molecule has 0 aliphatic heterocycles. The zero-order valence-corrected chi connectivity index (χ0v) is 12.2. The van der Waals surface area contributed by atoms with Gasteiger partial charge in [-0.25, -0.2) is 13.6 Å². The van der Waals surface area contributed by atoms with Crippen molar-refractivity contribution in [2.45, 2.75) is 18.4 Å². The van der Waals surface area contributed by atoms with Gasteiger partial charge in [0.1, 0.15) is 0 Å². The third-order valence-corrected chi connectivity index (χ3v) is 3.81. The maximum Gasteiger partial charge on any atom is 0.253 e. The Bertz CT molecular complexity index is 738. The first-order valence-corrected chi connectivity index (χ1v) is 7.73. The molecule has 0 saturated carbocycles. The minimum Gasteiger partial charge on any atom is -0.348 e. The quantitative estimate of drug-likeness (QED) is 0.878. The topological polar surface area (TPSA) is 102 Å². The summed E-state index contributed by atoms with van der Waals surface area (Å²) in [7, 11) is -3.69. The highest BCUT2D eigenvalue weighted by Crippen LogP contribution is 2.09. The Morgan fingerprint density at radius 3 is 2.38 bits per heavy atom. The second-order valence-corrected chi connectivity index (χ2v) is 6.12. The zero-order chi connectivity index (χ0) is 15.5. The number of hydrogen-bond acceptors (Lipinski definition) is 4. The number of nitrogens with zero attached hydrogens (tertiary/aromatic N) is 1. The molecule has 0 aliphatic carbocycles. The molecule has 21 heavy (non-hydrogen) atoms. The van der Waals surface area contributed by atoms with E-state index in [1.807, 2.05) is 6.92 Å². The number of nitrogens with two attached hydrogens (primary N) is 1. The predicted molar refractivity (Wildman–Crippen MR) is 78.0 cm³/mol. The van der Waals surface area contributed by atoms with Gasteiger partial charge in [-0.1, -0.05) is 12.1 Å². The van der Waals surface area contributed by atoms with Crippen LogP contribution in [0.25, 0.3) is 0 Å². The molecule has 2 rings (SSSR count). The van der Waals surface area contributed by atoms with Crippen LogP contribution >= 0.6 is 0 Å². The summed E-state index contributed by atoms with van der Waals surface area (Å²) in [6.07, 6.45) is 1.51. The second kappa shape index (κ2) is 6.02. The first kappa shape index (κ1) is 15.1. The molecule has 0 spiro atoms.